The fraction of sp³-hybridized carbons (Fsp3) is 0.562. The van der Waals surface area contributed by atoms with Crippen LogP contribution < -0.4 is 10.6 Å². The Morgan fingerprint density at radius 1 is 1.30 bits per heavy atom. The van der Waals surface area contributed by atoms with E-state index in [0.717, 1.165) is 30.1 Å². The van der Waals surface area contributed by atoms with E-state index in [9.17, 15) is 0 Å². The summed E-state index contributed by atoms with van der Waals surface area (Å²) >= 11 is 6.15. The zero-order valence-corrected chi connectivity index (χ0v) is 13.0. The first-order valence-electron chi connectivity index (χ1n) is 7.28. The first-order chi connectivity index (χ1) is 9.42. The van der Waals surface area contributed by atoms with E-state index >= 15 is 0 Å². The average Bonchev–Trinajstić information content (AvgIpc) is 2.64. The maximum absolute atomic E-state index is 6.19. The number of benzene rings is 1. The number of hydrogen-bond acceptors (Lipinski definition) is 3. The molecule has 0 saturated heterocycles. The molecule has 1 spiro atoms. The molecule has 20 heavy (non-hydrogen) atoms. The summed E-state index contributed by atoms with van der Waals surface area (Å²) in [6.45, 7) is 5.49. The molecule has 0 radical (unpaired) electrons. The first kappa shape index (κ1) is 13.7. The molecule has 1 fully saturated rings. The van der Waals surface area contributed by atoms with Crippen LogP contribution in [0.25, 0.3) is 0 Å². The van der Waals surface area contributed by atoms with Crippen molar-refractivity contribution in [2.45, 2.75) is 45.1 Å². The molecule has 3 rings (SSSR count). The standard InChI is InChI=1S/C16H22ClN3/c1-15(2)7-4-8-16(10-15)11-19-14(18)20(16)13-6-3-5-12(17)9-13/h3,5-6,9H,4,7-8,10-11H2,1-2H3,(H2,18,19). The lowest BCUT2D eigenvalue weighted by Crippen LogP contribution is -2.55. The van der Waals surface area contributed by atoms with Crippen LogP contribution in [0, 0.1) is 5.41 Å². The summed E-state index contributed by atoms with van der Waals surface area (Å²) in [4.78, 5) is 6.77. The lowest BCUT2D eigenvalue weighted by Gasteiger charge is -2.48. The number of guanidine groups is 1. The summed E-state index contributed by atoms with van der Waals surface area (Å²) in [6, 6.07) is 7.93. The third-order valence-electron chi connectivity index (χ3n) is 4.61. The van der Waals surface area contributed by atoms with Crippen molar-refractivity contribution in [2.75, 3.05) is 11.4 Å². The van der Waals surface area contributed by atoms with Gasteiger partial charge in [0.1, 0.15) is 0 Å². The molecule has 1 aromatic rings. The highest BCUT2D eigenvalue weighted by Gasteiger charge is 2.48. The topological polar surface area (TPSA) is 41.6 Å². The molecule has 0 bridgehead atoms. The summed E-state index contributed by atoms with van der Waals surface area (Å²) in [5.74, 6) is 0.630. The van der Waals surface area contributed by atoms with Crippen molar-refractivity contribution in [1.82, 2.24) is 0 Å². The van der Waals surface area contributed by atoms with Crippen LogP contribution in [0.3, 0.4) is 0 Å². The monoisotopic (exact) mass is 291 g/mol. The number of aliphatic imine (C=N–C) groups is 1. The molecule has 0 amide bonds. The summed E-state index contributed by atoms with van der Waals surface area (Å²) < 4.78 is 0. The molecule has 108 valence electrons. The van der Waals surface area contributed by atoms with E-state index in [1.165, 1.54) is 12.8 Å². The molecule has 1 atom stereocenters. The molecule has 1 aliphatic heterocycles. The number of nitrogens with two attached hydrogens (primary N) is 1. The maximum atomic E-state index is 6.19. The van der Waals surface area contributed by atoms with E-state index in [0.29, 0.717) is 11.4 Å². The Balaban J connectivity index is 2.00. The third-order valence-corrected chi connectivity index (χ3v) is 4.84. The van der Waals surface area contributed by atoms with E-state index in [2.05, 4.69) is 29.8 Å². The van der Waals surface area contributed by atoms with Gasteiger partial charge in [0, 0.05) is 10.7 Å². The summed E-state index contributed by atoms with van der Waals surface area (Å²) in [5.41, 5.74) is 7.63. The van der Waals surface area contributed by atoms with Crippen LogP contribution >= 0.6 is 11.6 Å². The van der Waals surface area contributed by atoms with Crippen LogP contribution in [-0.2, 0) is 0 Å². The third kappa shape index (κ3) is 2.28. The molecule has 1 saturated carbocycles. The Bertz CT molecular complexity index is 552. The lowest BCUT2D eigenvalue weighted by atomic mass is 9.67. The van der Waals surface area contributed by atoms with Crippen molar-refractivity contribution in [2.24, 2.45) is 16.1 Å². The van der Waals surface area contributed by atoms with Crippen LogP contribution in [0.1, 0.15) is 39.5 Å². The largest absolute Gasteiger partial charge is 0.369 e. The Labute approximate surface area is 125 Å². The smallest absolute Gasteiger partial charge is 0.196 e. The molecule has 2 aliphatic rings. The van der Waals surface area contributed by atoms with Crippen molar-refractivity contribution >= 4 is 23.2 Å². The number of rotatable bonds is 1. The minimum Gasteiger partial charge on any atom is -0.369 e. The van der Waals surface area contributed by atoms with Crippen molar-refractivity contribution in [1.29, 1.82) is 0 Å². The second-order valence-corrected chi connectivity index (χ2v) is 7.35. The van der Waals surface area contributed by atoms with E-state index in [1.807, 2.05) is 18.2 Å². The van der Waals surface area contributed by atoms with Gasteiger partial charge in [-0.1, -0.05) is 37.9 Å². The van der Waals surface area contributed by atoms with Gasteiger partial charge in [0.05, 0.1) is 12.1 Å². The summed E-state index contributed by atoms with van der Waals surface area (Å²) in [7, 11) is 0. The molecule has 1 aromatic carbocycles. The lowest BCUT2D eigenvalue weighted by molar-refractivity contribution is 0.163. The Morgan fingerprint density at radius 2 is 2.10 bits per heavy atom. The molecular formula is C16H22ClN3. The fourth-order valence-corrected chi connectivity index (χ4v) is 4.11. The Kier molecular flexibility index (Phi) is 3.20. The van der Waals surface area contributed by atoms with Crippen LogP contribution in [-0.4, -0.2) is 18.0 Å². The number of nitrogens with zero attached hydrogens (tertiary/aromatic N) is 2. The summed E-state index contributed by atoms with van der Waals surface area (Å²) in [5, 5.41) is 0.743. The molecule has 1 aliphatic carbocycles. The average molecular weight is 292 g/mol. The van der Waals surface area contributed by atoms with Crippen LogP contribution in [0.4, 0.5) is 5.69 Å². The highest BCUT2D eigenvalue weighted by molar-refractivity contribution is 6.31. The molecule has 2 N–H and O–H groups in total. The van der Waals surface area contributed by atoms with Gasteiger partial charge in [0.15, 0.2) is 5.96 Å². The van der Waals surface area contributed by atoms with Gasteiger partial charge >= 0.3 is 0 Å². The molecular weight excluding hydrogens is 270 g/mol. The maximum Gasteiger partial charge on any atom is 0.196 e. The zero-order chi connectivity index (χ0) is 14.4. The zero-order valence-electron chi connectivity index (χ0n) is 12.2. The molecule has 1 unspecified atom stereocenters. The fourth-order valence-electron chi connectivity index (χ4n) is 3.92. The van der Waals surface area contributed by atoms with E-state index < -0.39 is 0 Å². The van der Waals surface area contributed by atoms with Gasteiger partial charge in [0.2, 0.25) is 0 Å². The quantitative estimate of drug-likeness (QED) is 0.855. The van der Waals surface area contributed by atoms with Gasteiger partial charge in [-0.2, -0.15) is 0 Å². The normalized spacial score (nSPS) is 28.8. The number of anilines is 1. The predicted octanol–water partition coefficient (Wildman–Crippen LogP) is 3.81. The Hall–Kier alpha value is -1.22. The van der Waals surface area contributed by atoms with Gasteiger partial charge in [-0.15, -0.1) is 0 Å². The molecule has 0 aromatic heterocycles. The minimum atomic E-state index is 0.0382. The highest BCUT2D eigenvalue weighted by atomic mass is 35.5. The molecule has 1 heterocycles. The highest BCUT2D eigenvalue weighted by Crippen LogP contribution is 2.47. The van der Waals surface area contributed by atoms with E-state index in [-0.39, 0.29) is 5.54 Å². The van der Waals surface area contributed by atoms with Crippen LogP contribution in [0.5, 0.6) is 0 Å². The Morgan fingerprint density at radius 3 is 2.80 bits per heavy atom. The van der Waals surface area contributed by atoms with Gasteiger partial charge in [-0.25, -0.2) is 0 Å². The van der Waals surface area contributed by atoms with Gasteiger partial charge < -0.3 is 10.6 Å². The van der Waals surface area contributed by atoms with Crippen molar-refractivity contribution in [3.63, 3.8) is 0 Å². The summed E-state index contributed by atoms with van der Waals surface area (Å²) in [6.07, 6.45) is 4.77. The van der Waals surface area contributed by atoms with E-state index in [1.54, 1.807) is 0 Å². The predicted molar refractivity (Wildman–Crippen MR) is 85.4 cm³/mol. The molecule has 4 heteroatoms. The van der Waals surface area contributed by atoms with E-state index in [4.69, 9.17) is 17.3 Å². The molecule has 3 nitrogen and oxygen atoms in total. The second-order valence-electron chi connectivity index (χ2n) is 6.91. The minimum absolute atomic E-state index is 0.0382. The first-order valence-corrected chi connectivity index (χ1v) is 7.66. The van der Waals surface area contributed by atoms with Crippen molar-refractivity contribution in [3.8, 4) is 0 Å². The number of halogens is 1. The van der Waals surface area contributed by atoms with Gasteiger partial charge in [-0.05, 0) is 42.9 Å². The van der Waals surface area contributed by atoms with Crippen molar-refractivity contribution < 1.29 is 0 Å². The van der Waals surface area contributed by atoms with Gasteiger partial charge in [0.25, 0.3) is 0 Å². The second kappa shape index (κ2) is 4.66. The van der Waals surface area contributed by atoms with Crippen LogP contribution in [0.2, 0.25) is 5.02 Å². The SMILES string of the molecule is CC1(C)CCCC2(CN=C(N)N2c2cccc(Cl)c2)C1. The van der Waals surface area contributed by atoms with Crippen molar-refractivity contribution in [3.05, 3.63) is 29.3 Å². The van der Waals surface area contributed by atoms with Gasteiger partial charge in [-0.3, -0.25) is 4.99 Å². The number of hydrogen-bond donors (Lipinski definition) is 1. The van der Waals surface area contributed by atoms with Crippen LogP contribution in [0.15, 0.2) is 29.3 Å².